The van der Waals surface area contributed by atoms with Gasteiger partial charge in [-0.1, -0.05) is 50.5 Å². The summed E-state index contributed by atoms with van der Waals surface area (Å²) in [5, 5.41) is 9.26. The highest BCUT2D eigenvalue weighted by Gasteiger charge is 2.53. The molecule has 0 saturated heterocycles. The lowest BCUT2D eigenvalue weighted by Crippen LogP contribution is -2.58. The van der Waals surface area contributed by atoms with E-state index in [2.05, 4.69) is 76.9 Å². The number of hydrogen-bond donors (Lipinski definition) is 1. The first-order valence-corrected chi connectivity index (χ1v) is 27.0. The molecule has 2 unspecified atom stereocenters. The highest BCUT2D eigenvalue weighted by molar-refractivity contribution is 6.53. The number of esters is 2. The minimum absolute atomic E-state index is 0.00588. The van der Waals surface area contributed by atoms with Gasteiger partial charge in [0.1, 0.15) is 55.0 Å². The lowest BCUT2D eigenvalue weighted by atomic mass is 9.87. The number of aryl methyl sites for hydroxylation is 1. The van der Waals surface area contributed by atoms with Gasteiger partial charge >= 0.3 is 17.9 Å². The van der Waals surface area contributed by atoms with Crippen molar-refractivity contribution < 1.29 is 48.0 Å². The topological polar surface area (TPSA) is 141 Å². The van der Waals surface area contributed by atoms with Gasteiger partial charge in [0.15, 0.2) is 0 Å². The van der Waals surface area contributed by atoms with Crippen LogP contribution in [-0.4, -0.2) is 104 Å². The molecule has 0 fully saturated rings. The molecule has 0 radical (unpaired) electrons. The van der Waals surface area contributed by atoms with Crippen LogP contribution in [0, 0.1) is 13.8 Å². The standard InChI is InChI=1S/C47H66N2O10Si2/c1-28-20-38-41(29(2)40(28)33-17-15-16-32(21-33)24-55-35-18-19-36-34(22-39(50)51)25-56-37(36)23-35)42(52)47(59-38,26-57-43(53)30(3)48(60(11)12)45(5,6)7)27-58-44(54)31(4)49(61(13)14)46(8,9)10/h15-21,23,30-31,34,60-61H,22,24-27H2,1-14H3,(H,50,51)/t30?,31?,34-,47?/m1/s1. The van der Waals surface area contributed by atoms with Gasteiger partial charge in [0.2, 0.25) is 11.4 Å². The van der Waals surface area contributed by atoms with Crippen molar-refractivity contribution in [3.05, 3.63) is 76.3 Å². The molecule has 3 aromatic carbocycles. The number of carbonyl (C=O) groups excluding carboxylic acids is 3. The van der Waals surface area contributed by atoms with Gasteiger partial charge < -0.3 is 37.9 Å². The van der Waals surface area contributed by atoms with Gasteiger partial charge in [-0.25, -0.2) is 0 Å². The number of aliphatic carboxylic acids is 1. The van der Waals surface area contributed by atoms with Gasteiger partial charge in [-0.05, 0) is 115 Å². The van der Waals surface area contributed by atoms with Crippen LogP contribution in [0.4, 0.5) is 0 Å². The van der Waals surface area contributed by atoms with Crippen molar-refractivity contribution >= 4 is 41.6 Å². The summed E-state index contributed by atoms with van der Waals surface area (Å²) < 4.78 is 34.9. The molecule has 0 aliphatic carbocycles. The fraction of sp³-hybridized carbons (Fsp3) is 0.532. The maximum atomic E-state index is 14.9. The van der Waals surface area contributed by atoms with Crippen molar-refractivity contribution in [1.29, 1.82) is 0 Å². The number of carboxylic acids is 1. The van der Waals surface area contributed by atoms with Crippen LogP contribution < -0.4 is 14.2 Å². The van der Waals surface area contributed by atoms with Crippen LogP contribution in [-0.2, 0) is 30.5 Å². The Morgan fingerprint density at radius 3 is 1.93 bits per heavy atom. The van der Waals surface area contributed by atoms with E-state index in [9.17, 15) is 24.3 Å². The number of hydrogen-bond acceptors (Lipinski definition) is 11. The molecule has 0 amide bonds. The van der Waals surface area contributed by atoms with Crippen LogP contribution in [0.15, 0.2) is 48.5 Å². The number of ketones is 1. The Morgan fingerprint density at radius 1 is 0.836 bits per heavy atom. The van der Waals surface area contributed by atoms with Crippen LogP contribution in [0.1, 0.15) is 100 Å². The molecule has 332 valence electrons. The van der Waals surface area contributed by atoms with Gasteiger partial charge in [0, 0.05) is 28.6 Å². The van der Waals surface area contributed by atoms with Gasteiger partial charge in [-0.2, -0.15) is 0 Å². The lowest BCUT2D eigenvalue weighted by molar-refractivity contribution is -0.160. The van der Waals surface area contributed by atoms with Crippen molar-refractivity contribution in [3.8, 4) is 28.4 Å². The molecule has 0 aromatic heterocycles. The summed E-state index contributed by atoms with van der Waals surface area (Å²) in [4.78, 5) is 53.8. The Bertz CT molecular complexity index is 2090. The summed E-state index contributed by atoms with van der Waals surface area (Å²) in [6.45, 7) is 28.3. The van der Waals surface area contributed by atoms with Crippen molar-refractivity contribution in [1.82, 2.24) is 9.13 Å². The van der Waals surface area contributed by atoms with Gasteiger partial charge in [0.05, 0.1) is 30.7 Å². The maximum Gasteiger partial charge on any atom is 0.322 e. The number of rotatable bonds is 16. The quantitative estimate of drug-likeness (QED) is 0.111. The number of ether oxygens (including phenoxy) is 5. The highest BCUT2D eigenvalue weighted by Crippen LogP contribution is 2.44. The van der Waals surface area contributed by atoms with E-state index >= 15 is 0 Å². The van der Waals surface area contributed by atoms with Crippen LogP contribution in [0.5, 0.6) is 17.2 Å². The summed E-state index contributed by atoms with van der Waals surface area (Å²) >= 11 is 0. The molecule has 5 rings (SSSR count). The van der Waals surface area contributed by atoms with E-state index in [4.69, 9.17) is 23.7 Å². The largest absolute Gasteiger partial charge is 0.492 e. The van der Waals surface area contributed by atoms with E-state index in [1.54, 1.807) is 6.07 Å². The smallest absolute Gasteiger partial charge is 0.322 e. The number of Topliss-reactive ketones (excluding diaryl/α,β-unsaturated/α-hetero) is 1. The first-order chi connectivity index (χ1) is 28.4. The van der Waals surface area contributed by atoms with E-state index in [1.165, 1.54) is 0 Å². The summed E-state index contributed by atoms with van der Waals surface area (Å²) in [5.74, 6) is -0.849. The summed E-state index contributed by atoms with van der Waals surface area (Å²) in [7, 11) is -2.95. The number of nitrogens with zero attached hydrogens (tertiary/aromatic N) is 2. The number of carboxylic acid groups (broad SMARTS) is 1. The summed E-state index contributed by atoms with van der Waals surface area (Å²) in [6, 6.07) is 14.1. The number of carbonyl (C=O) groups is 4. The van der Waals surface area contributed by atoms with Gasteiger partial charge in [0.25, 0.3) is 0 Å². The molecule has 12 nitrogen and oxygen atoms in total. The number of benzene rings is 3. The van der Waals surface area contributed by atoms with Gasteiger partial charge in [-0.15, -0.1) is 0 Å². The van der Waals surface area contributed by atoms with E-state index in [0.717, 1.165) is 27.8 Å². The molecule has 0 bridgehead atoms. The minimum Gasteiger partial charge on any atom is -0.492 e. The van der Waals surface area contributed by atoms with Crippen LogP contribution >= 0.6 is 0 Å². The molecule has 3 aromatic rings. The first-order valence-electron chi connectivity index (χ1n) is 21.3. The normalized spacial score (nSPS) is 18.5. The molecule has 3 atom stereocenters. The molecule has 2 aliphatic rings. The Labute approximate surface area is 365 Å². The fourth-order valence-corrected chi connectivity index (χ4v) is 14.8. The molecule has 0 spiro atoms. The lowest BCUT2D eigenvalue weighted by Gasteiger charge is -2.42. The third kappa shape index (κ3) is 10.4. The average Bonchev–Trinajstić information content (AvgIpc) is 3.66. The van der Waals surface area contributed by atoms with Crippen molar-refractivity contribution in [2.45, 2.75) is 143 Å². The van der Waals surface area contributed by atoms with Crippen molar-refractivity contribution in [2.75, 3.05) is 19.8 Å². The molecule has 1 N–H and O–H groups in total. The zero-order valence-electron chi connectivity index (χ0n) is 38.6. The van der Waals surface area contributed by atoms with E-state index in [1.807, 2.05) is 70.2 Å². The average molecular weight is 875 g/mol. The summed E-state index contributed by atoms with van der Waals surface area (Å²) in [5.41, 5.74) is 3.04. The minimum atomic E-state index is -1.80. The Balaban J connectivity index is 1.43. The number of fused-ring (bicyclic) bond motifs is 2. The zero-order chi connectivity index (χ0) is 45.4. The monoisotopic (exact) mass is 874 g/mol. The maximum absolute atomic E-state index is 14.9. The van der Waals surface area contributed by atoms with Gasteiger partial charge in [-0.3, -0.25) is 19.2 Å². The van der Waals surface area contributed by atoms with E-state index < -0.39 is 72.5 Å². The second-order valence-corrected chi connectivity index (χ2v) is 24.7. The molecule has 61 heavy (non-hydrogen) atoms. The molecule has 0 saturated carbocycles. The first kappa shape index (κ1) is 47.5. The van der Waals surface area contributed by atoms with E-state index in [-0.39, 0.29) is 30.0 Å². The zero-order valence-corrected chi connectivity index (χ0v) is 40.9. The highest BCUT2D eigenvalue weighted by atomic mass is 28.3. The Morgan fingerprint density at radius 2 is 1.41 bits per heavy atom. The Kier molecular flexibility index (Phi) is 14.4. The van der Waals surface area contributed by atoms with E-state index in [0.29, 0.717) is 35.0 Å². The third-order valence-corrected chi connectivity index (χ3v) is 16.3. The molecular formula is C47H66N2O10Si2. The Hall–Kier alpha value is -4.51. The molecule has 2 aliphatic heterocycles. The SMILES string of the molecule is Cc1cc2c(c(C)c1-c1cccc(COc3ccc4c(c3)OC[C@H]4CC(=O)O)c1)C(=O)C(COC(=O)C(C)N([SiH](C)C)C(C)(C)C)(COC(=O)C(C)N([SiH](C)C)C(C)(C)C)O2. The predicted octanol–water partition coefficient (Wildman–Crippen LogP) is 7.85. The molecule has 2 heterocycles. The predicted molar refractivity (Wildman–Crippen MR) is 242 cm³/mol. The van der Waals surface area contributed by atoms with Crippen molar-refractivity contribution in [3.63, 3.8) is 0 Å². The van der Waals surface area contributed by atoms with Crippen LogP contribution in [0.25, 0.3) is 11.1 Å². The molecular weight excluding hydrogens is 809 g/mol. The second kappa shape index (κ2) is 18.5. The third-order valence-electron chi connectivity index (χ3n) is 11.7. The second-order valence-electron chi connectivity index (χ2n) is 19.2. The van der Waals surface area contributed by atoms with Crippen LogP contribution in [0.3, 0.4) is 0 Å². The fourth-order valence-electron chi connectivity index (χ4n) is 9.63. The summed E-state index contributed by atoms with van der Waals surface area (Å²) in [6.07, 6.45) is 0.00588. The van der Waals surface area contributed by atoms with Crippen LogP contribution in [0.2, 0.25) is 26.2 Å². The van der Waals surface area contributed by atoms with Crippen molar-refractivity contribution in [2.24, 2.45) is 0 Å². The molecule has 14 heteroatoms.